The maximum absolute atomic E-state index is 12.4. The predicted octanol–water partition coefficient (Wildman–Crippen LogP) is 1.56. The summed E-state index contributed by atoms with van der Waals surface area (Å²) in [4.78, 5) is 14.3. The normalized spacial score (nSPS) is 25.8. The molecule has 21 heavy (non-hydrogen) atoms. The lowest BCUT2D eigenvalue weighted by molar-refractivity contribution is -0.188. The molecule has 0 aromatic heterocycles. The molecule has 0 aromatic carbocycles. The lowest BCUT2D eigenvalue weighted by atomic mass is 9.98. The number of hydrogen-bond donors (Lipinski definition) is 1. The summed E-state index contributed by atoms with van der Waals surface area (Å²) in [6.07, 6.45) is 2.88. The third kappa shape index (κ3) is 5.24. The van der Waals surface area contributed by atoms with Crippen molar-refractivity contribution >= 4 is 5.91 Å². The van der Waals surface area contributed by atoms with Gasteiger partial charge in [-0.1, -0.05) is 0 Å². The van der Waals surface area contributed by atoms with Gasteiger partial charge in [0.1, 0.15) is 0 Å². The average molecular weight is 298 g/mol. The van der Waals surface area contributed by atoms with Gasteiger partial charge in [0.15, 0.2) is 0 Å². The number of morpholine rings is 1. The maximum Gasteiger partial charge on any atom is 0.225 e. The van der Waals surface area contributed by atoms with Gasteiger partial charge < -0.3 is 19.7 Å². The second kappa shape index (κ2) is 6.63. The Labute approximate surface area is 128 Å². The van der Waals surface area contributed by atoms with E-state index in [1.54, 1.807) is 0 Å². The van der Waals surface area contributed by atoms with Gasteiger partial charge in [0, 0.05) is 13.1 Å². The molecular weight excluding hydrogens is 268 g/mol. The Morgan fingerprint density at radius 1 is 1.19 bits per heavy atom. The number of amides is 1. The fourth-order valence-electron chi connectivity index (χ4n) is 3.40. The summed E-state index contributed by atoms with van der Waals surface area (Å²) in [6, 6.07) is 0. The Morgan fingerprint density at radius 2 is 1.76 bits per heavy atom. The monoisotopic (exact) mass is 298 g/mol. The van der Waals surface area contributed by atoms with Crippen molar-refractivity contribution in [3.8, 4) is 0 Å². The first-order valence-corrected chi connectivity index (χ1v) is 8.08. The van der Waals surface area contributed by atoms with Crippen LogP contribution in [0, 0.1) is 0 Å². The molecule has 2 saturated heterocycles. The first-order valence-electron chi connectivity index (χ1n) is 8.08. The quantitative estimate of drug-likeness (QED) is 0.856. The molecule has 1 amide bonds. The Balaban J connectivity index is 1.77. The van der Waals surface area contributed by atoms with E-state index in [1.807, 2.05) is 32.6 Å². The third-order valence-corrected chi connectivity index (χ3v) is 4.00. The van der Waals surface area contributed by atoms with Crippen molar-refractivity contribution < 1.29 is 14.3 Å². The van der Waals surface area contributed by atoms with Gasteiger partial charge in [0.25, 0.3) is 0 Å². The second-order valence-electron chi connectivity index (χ2n) is 7.44. The molecule has 0 atom stereocenters. The highest BCUT2D eigenvalue weighted by Gasteiger charge is 2.39. The fourth-order valence-corrected chi connectivity index (χ4v) is 3.40. The van der Waals surface area contributed by atoms with Crippen LogP contribution in [0.4, 0.5) is 0 Å². The molecule has 0 aliphatic carbocycles. The van der Waals surface area contributed by atoms with Crippen molar-refractivity contribution in [3.05, 3.63) is 0 Å². The van der Waals surface area contributed by atoms with Gasteiger partial charge in [0.2, 0.25) is 5.91 Å². The summed E-state index contributed by atoms with van der Waals surface area (Å²) in [5, 5.41) is 3.31. The largest absolute Gasteiger partial charge is 0.378 e. The van der Waals surface area contributed by atoms with E-state index < -0.39 is 0 Å². The van der Waals surface area contributed by atoms with Crippen LogP contribution in [0.15, 0.2) is 0 Å². The first-order chi connectivity index (χ1) is 9.77. The minimum Gasteiger partial charge on any atom is -0.378 e. The lowest BCUT2D eigenvalue weighted by Crippen LogP contribution is -2.58. The van der Waals surface area contributed by atoms with E-state index in [0.29, 0.717) is 32.2 Å². The van der Waals surface area contributed by atoms with Gasteiger partial charge in [-0.15, -0.1) is 0 Å². The highest BCUT2D eigenvalue weighted by atomic mass is 16.5. The van der Waals surface area contributed by atoms with Crippen LogP contribution >= 0.6 is 0 Å². The summed E-state index contributed by atoms with van der Waals surface area (Å²) in [6.45, 7) is 12.0. The first kappa shape index (κ1) is 16.7. The number of nitrogens with one attached hydrogen (secondary N) is 1. The molecule has 0 radical (unpaired) electrons. The topological polar surface area (TPSA) is 50.8 Å². The molecular formula is C16H30N2O3. The minimum atomic E-state index is -0.284. The summed E-state index contributed by atoms with van der Waals surface area (Å²) >= 11 is 0. The molecule has 2 aliphatic rings. The van der Waals surface area contributed by atoms with Crippen molar-refractivity contribution in [2.75, 3.05) is 32.8 Å². The number of piperidine rings is 1. The highest BCUT2D eigenvalue weighted by Crippen LogP contribution is 2.28. The van der Waals surface area contributed by atoms with Gasteiger partial charge in [-0.2, -0.15) is 0 Å². The van der Waals surface area contributed by atoms with E-state index in [9.17, 15) is 4.79 Å². The van der Waals surface area contributed by atoms with Crippen LogP contribution in [0.1, 0.15) is 47.0 Å². The van der Waals surface area contributed by atoms with Gasteiger partial charge in [-0.25, -0.2) is 0 Å². The molecule has 2 heterocycles. The van der Waals surface area contributed by atoms with E-state index in [-0.39, 0.29) is 17.1 Å². The number of carbonyl (C=O) groups excluding carboxylic acids is 1. The Morgan fingerprint density at radius 3 is 2.33 bits per heavy atom. The van der Waals surface area contributed by atoms with Gasteiger partial charge >= 0.3 is 0 Å². The van der Waals surface area contributed by atoms with E-state index in [1.165, 1.54) is 0 Å². The number of carbonyl (C=O) groups is 1. The standard InChI is InChI=1S/C16H30N2O3/c1-15(2)11-18(12-16(3,4)21-15)14(19)7-10-20-13-5-8-17-9-6-13/h13,17H,5-12H2,1-4H3. The molecule has 1 N–H and O–H groups in total. The van der Waals surface area contributed by atoms with Gasteiger partial charge in [-0.05, 0) is 53.6 Å². The van der Waals surface area contributed by atoms with E-state index in [4.69, 9.17) is 9.47 Å². The molecule has 5 nitrogen and oxygen atoms in total. The smallest absolute Gasteiger partial charge is 0.225 e. The van der Waals surface area contributed by atoms with Crippen molar-refractivity contribution in [2.24, 2.45) is 0 Å². The highest BCUT2D eigenvalue weighted by molar-refractivity contribution is 5.76. The summed E-state index contributed by atoms with van der Waals surface area (Å²) in [7, 11) is 0. The predicted molar refractivity (Wildman–Crippen MR) is 82.3 cm³/mol. The summed E-state index contributed by atoms with van der Waals surface area (Å²) in [5.41, 5.74) is -0.569. The molecule has 2 rings (SSSR count). The fraction of sp³-hybridized carbons (Fsp3) is 0.938. The SMILES string of the molecule is CC1(C)CN(C(=O)CCOC2CCNCC2)CC(C)(C)O1. The number of ether oxygens (including phenoxy) is 2. The van der Waals surface area contributed by atoms with Gasteiger partial charge in [-0.3, -0.25) is 4.79 Å². The Hall–Kier alpha value is -0.650. The number of rotatable bonds is 4. The van der Waals surface area contributed by atoms with Crippen LogP contribution in [0.2, 0.25) is 0 Å². The van der Waals surface area contributed by atoms with Crippen LogP contribution < -0.4 is 5.32 Å². The molecule has 2 aliphatic heterocycles. The zero-order valence-electron chi connectivity index (χ0n) is 13.9. The molecule has 0 spiro atoms. The number of hydrogen-bond acceptors (Lipinski definition) is 4. The summed E-state index contributed by atoms with van der Waals surface area (Å²) < 4.78 is 11.8. The minimum absolute atomic E-state index is 0.174. The average Bonchev–Trinajstić information content (AvgIpc) is 2.36. The van der Waals surface area contributed by atoms with Gasteiger partial charge in [0.05, 0.1) is 30.3 Å². The van der Waals surface area contributed by atoms with Crippen LogP contribution in [0.5, 0.6) is 0 Å². The van der Waals surface area contributed by atoms with Crippen molar-refractivity contribution in [2.45, 2.75) is 64.3 Å². The Kier molecular flexibility index (Phi) is 5.28. The molecule has 0 saturated carbocycles. The molecule has 0 unspecified atom stereocenters. The second-order valence-corrected chi connectivity index (χ2v) is 7.44. The zero-order valence-corrected chi connectivity index (χ0v) is 13.9. The van der Waals surface area contributed by atoms with Crippen LogP contribution in [-0.2, 0) is 14.3 Å². The van der Waals surface area contributed by atoms with E-state index in [2.05, 4.69) is 5.32 Å². The number of nitrogens with zero attached hydrogens (tertiary/aromatic N) is 1. The van der Waals surface area contributed by atoms with Crippen molar-refractivity contribution in [3.63, 3.8) is 0 Å². The van der Waals surface area contributed by atoms with Crippen molar-refractivity contribution in [1.29, 1.82) is 0 Å². The van der Waals surface area contributed by atoms with Crippen LogP contribution in [0.3, 0.4) is 0 Å². The van der Waals surface area contributed by atoms with E-state index >= 15 is 0 Å². The Bertz CT molecular complexity index is 347. The lowest BCUT2D eigenvalue weighted by Gasteiger charge is -2.47. The zero-order chi connectivity index (χ0) is 15.5. The maximum atomic E-state index is 12.4. The molecule has 0 aromatic rings. The molecule has 0 bridgehead atoms. The van der Waals surface area contributed by atoms with Crippen LogP contribution in [0.25, 0.3) is 0 Å². The molecule has 5 heteroatoms. The van der Waals surface area contributed by atoms with Crippen molar-refractivity contribution in [1.82, 2.24) is 10.2 Å². The van der Waals surface area contributed by atoms with Crippen LogP contribution in [-0.4, -0.2) is 60.9 Å². The molecule has 122 valence electrons. The van der Waals surface area contributed by atoms with E-state index in [0.717, 1.165) is 25.9 Å². The summed E-state index contributed by atoms with van der Waals surface area (Å²) in [5.74, 6) is 0.174. The molecule has 2 fully saturated rings. The third-order valence-electron chi connectivity index (χ3n) is 4.00.